The molecule has 30 heteroatoms. The Hall–Kier alpha value is -7.74. The number of likely N-dealkylation sites (tertiary alicyclic amines) is 1. The van der Waals surface area contributed by atoms with Crippen LogP contribution in [0.4, 0.5) is 29.3 Å². The lowest BCUT2D eigenvalue weighted by Gasteiger charge is -2.39. The van der Waals surface area contributed by atoms with Crippen molar-refractivity contribution in [3.05, 3.63) is 160 Å². The fraction of sp³-hybridized carbons (Fsp3) is 0.487. The van der Waals surface area contributed by atoms with E-state index in [1.807, 2.05) is 112 Å². The number of hydrogen-bond donors (Lipinski definition) is 6. The standard InChI is InChI=1S/C80H102ClF3N12O10S4/c1-55-72(108-54-88-55)58-16-14-56(15-17-58)51-87-75(100)68-13-10-35-96(68)76(101)73(78(2,3)4)90-71(98)29-28-70(97)85-33-45-105-47-48-106-46-34-86-77(102)95-43-37-92(38-44-95)36-31-62(53-107-64-11-8-7-9-12-64)89-67-27-26-65(49-69(67)110(103,104)80(82,83)84)109-91-74(99)59-20-24-63(25-21-59)94-41-39-93(40-42-94)52-60-50-79(5,6)32-30-66(60)57-18-22-61(81)23-19-57/h7-9,11-12,14-27,49,54,62,68,73,89H,10,13,28-48,50-53H2,1-6H3,(H,85,97)(H,86,102)(H,87,100)(H,90,98)(H,91,99)/t62-,68+,73-/m1/s1. The van der Waals surface area contributed by atoms with E-state index >= 15 is 0 Å². The van der Waals surface area contributed by atoms with Crippen LogP contribution in [0.25, 0.3) is 16.0 Å². The van der Waals surface area contributed by atoms with Crippen molar-refractivity contribution >= 4 is 109 Å². The zero-order valence-electron chi connectivity index (χ0n) is 63.4. The van der Waals surface area contributed by atoms with Gasteiger partial charge in [-0.2, -0.15) is 13.2 Å². The molecule has 10 rings (SSSR count). The van der Waals surface area contributed by atoms with E-state index in [0.29, 0.717) is 76.4 Å². The number of amides is 7. The number of benzene rings is 5. The number of allylic oxidation sites excluding steroid dienone is 1. The molecule has 5 aromatic carbocycles. The highest BCUT2D eigenvalue weighted by molar-refractivity contribution is 7.99. The number of carbonyl (C=O) groups excluding carboxylic acids is 6. The van der Waals surface area contributed by atoms with Gasteiger partial charge in [-0.15, -0.1) is 23.1 Å². The van der Waals surface area contributed by atoms with E-state index in [9.17, 15) is 50.4 Å². The molecule has 6 N–H and O–H groups in total. The quantitative estimate of drug-likeness (QED) is 0.0125. The van der Waals surface area contributed by atoms with Gasteiger partial charge >= 0.3 is 11.5 Å². The van der Waals surface area contributed by atoms with Crippen LogP contribution < -0.4 is 36.2 Å². The minimum Gasteiger partial charge on any atom is -0.380 e. The number of ether oxygens (including phenoxy) is 2. The van der Waals surface area contributed by atoms with Crippen LogP contribution in [-0.4, -0.2) is 209 Å². The number of piperazine rings is 2. The molecule has 4 aliphatic rings. The lowest BCUT2D eigenvalue weighted by atomic mass is 9.73. The normalized spacial score (nSPS) is 17.1. The Kier molecular flexibility index (Phi) is 30.5. The van der Waals surface area contributed by atoms with Crippen molar-refractivity contribution in [1.82, 2.24) is 50.6 Å². The van der Waals surface area contributed by atoms with Crippen molar-refractivity contribution in [2.45, 2.75) is 138 Å². The molecule has 594 valence electrons. The molecule has 0 radical (unpaired) electrons. The Bertz CT molecular complexity index is 4230. The predicted octanol–water partition coefficient (Wildman–Crippen LogP) is 12.3. The summed E-state index contributed by atoms with van der Waals surface area (Å²) in [4.78, 5) is 95.8. The summed E-state index contributed by atoms with van der Waals surface area (Å²) in [5.74, 6) is -1.56. The Morgan fingerprint density at radius 1 is 0.745 bits per heavy atom. The van der Waals surface area contributed by atoms with Gasteiger partial charge in [0.05, 0.1) is 48.2 Å². The molecule has 4 heterocycles. The van der Waals surface area contributed by atoms with Crippen LogP contribution in [0.1, 0.15) is 113 Å². The van der Waals surface area contributed by atoms with Gasteiger partial charge in [0.2, 0.25) is 23.6 Å². The Balaban J connectivity index is 0.605. The van der Waals surface area contributed by atoms with Crippen LogP contribution in [0.2, 0.25) is 5.02 Å². The average Bonchev–Trinajstić information content (AvgIpc) is 0.877. The lowest BCUT2D eigenvalue weighted by Crippen LogP contribution is -2.57. The summed E-state index contributed by atoms with van der Waals surface area (Å²) >= 11 is 10.0. The number of urea groups is 1. The van der Waals surface area contributed by atoms with Crippen LogP contribution in [0.5, 0.6) is 0 Å². The molecule has 6 aromatic rings. The summed E-state index contributed by atoms with van der Waals surface area (Å²) < 4.78 is 84.2. The molecule has 0 bridgehead atoms. The zero-order chi connectivity index (χ0) is 78.6. The maximum absolute atomic E-state index is 14.5. The van der Waals surface area contributed by atoms with Crippen LogP contribution >= 0.6 is 46.6 Å². The summed E-state index contributed by atoms with van der Waals surface area (Å²) in [7, 11) is -5.88. The van der Waals surface area contributed by atoms with Gasteiger partial charge in [-0.25, -0.2) is 18.2 Å². The Labute approximate surface area is 661 Å². The average molecular weight is 1610 g/mol. The zero-order valence-corrected chi connectivity index (χ0v) is 67.4. The van der Waals surface area contributed by atoms with Crippen molar-refractivity contribution in [2.75, 3.05) is 127 Å². The second-order valence-corrected chi connectivity index (χ2v) is 35.2. The van der Waals surface area contributed by atoms with Gasteiger partial charge in [0.1, 0.15) is 17.0 Å². The van der Waals surface area contributed by atoms with Gasteiger partial charge in [-0.1, -0.05) is 106 Å². The third-order valence-electron chi connectivity index (χ3n) is 20.2. The first-order chi connectivity index (χ1) is 52.6. The van der Waals surface area contributed by atoms with E-state index in [1.165, 1.54) is 40.6 Å². The van der Waals surface area contributed by atoms with Crippen LogP contribution in [-0.2, 0) is 45.0 Å². The summed E-state index contributed by atoms with van der Waals surface area (Å²) in [5.41, 5.74) is 3.85. The van der Waals surface area contributed by atoms with Gasteiger partial charge in [0.15, 0.2) is 0 Å². The molecule has 3 fully saturated rings. The topological polar surface area (TPSA) is 256 Å². The molecular weight excluding hydrogens is 1510 g/mol. The molecule has 1 aliphatic carbocycles. The van der Waals surface area contributed by atoms with E-state index in [2.05, 4.69) is 77.0 Å². The molecule has 3 aliphatic heterocycles. The Morgan fingerprint density at radius 2 is 1.41 bits per heavy atom. The van der Waals surface area contributed by atoms with E-state index in [0.717, 1.165) is 107 Å². The number of thioether (sulfide) groups is 1. The van der Waals surface area contributed by atoms with Crippen LogP contribution in [0.3, 0.4) is 0 Å². The second kappa shape index (κ2) is 39.6. The lowest BCUT2D eigenvalue weighted by molar-refractivity contribution is -0.144. The van der Waals surface area contributed by atoms with Gasteiger partial charge in [-0.3, -0.25) is 38.5 Å². The molecular formula is C80H102ClF3N12O10S4. The predicted molar refractivity (Wildman–Crippen MR) is 429 cm³/mol. The second-order valence-electron chi connectivity index (χ2n) is 30.0. The molecule has 0 saturated carbocycles. The molecule has 0 spiro atoms. The number of halogens is 4. The van der Waals surface area contributed by atoms with Crippen molar-refractivity contribution in [2.24, 2.45) is 10.8 Å². The smallest absolute Gasteiger partial charge is 0.380 e. The number of nitrogens with one attached hydrogen (secondary N) is 6. The SMILES string of the molecule is Cc1ncsc1-c1ccc(CNC(=O)[C@@H]2CCCN2C(=O)[C@@H](NC(=O)CCC(=O)NCCOCCOCCNC(=O)N2CCN(CC[C@H](CSc3ccccc3)Nc3ccc(SNC(=O)c4ccc(N5CCN(CC6=C(c7ccc(Cl)cc7)CCC(C)(C)C6)CC5)cc4)cc3S(=O)(=O)C(F)(F)F)CC2)C(C)(C)C)cc1. The number of alkyl halides is 3. The first-order valence-corrected chi connectivity index (χ1v) is 42.1. The highest BCUT2D eigenvalue weighted by Crippen LogP contribution is 2.44. The molecule has 3 atom stereocenters. The number of thiazole rings is 1. The summed E-state index contributed by atoms with van der Waals surface area (Å²) in [6, 6.07) is 34.1. The van der Waals surface area contributed by atoms with Gasteiger partial charge in [0, 0.05) is 142 Å². The number of carbonyl (C=O) groups is 6. The van der Waals surface area contributed by atoms with E-state index < -0.39 is 55.6 Å². The number of rotatable bonds is 34. The van der Waals surface area contributed by atoms with Crippen molar-refractivity contribution in [1.29, 1.82) is 0 Å². The monoisotopic (exact) mass is 1610 g/mol. The number of aryl methyl sites for hydroxylation is 1. The van der Waals surface area contributed by atoms with Crippen molar-refractivity contribution < 1.29 is 59.8 Å². The third-order valence-corrected chi connectivity index (χ3v) is 24.9. The first-order valence-electron chi connectivity index (χ1n) is 37.5. The van der Waals surface area contributed by atoms with E-state index in [-0.39, 0.29) is 92.1 Å². The largest absolute Gasteiger partial charge is 0.501 e. The maximum Gasteiger partial charge on any atom is 0.501 e. The molecule has 1 aromatic heterocycles. The van der Waals surface area contributed by atoms with Crippen LogP contribution in [0.15, 0.2) is 147 Å². The minimum absolute atomic E-state index is 0.0823. The summed E-state index contributed by atoms with van der Waals surface area (Å²) in [6.45, 7) is 20.7. The van der Waals surface area contributed by atoms with Crippen molar-refractivity contribution in [3.63, 3.8) is 0 Å². The fourth-order valence-corrected chi connectivity index (χ4v) is 17.5. The number of aromatic nitrogens is 1. The molecule has 0 unspecified atom stereocenters. The van der Waals surface area contributed by atoms with Crippen molar-refractivity contribution in [3.8, 4) is 10.4 Å². The van der Waals surface area contributed by atoms with Gasteiger partial charge in [-0.05, 0) is 157 Å². The summed E-state index contributed by atoms with van der Waals surface area (Å²) in [5, 5.41) is 15.3. The van der Waals surface area contributed by atoms with Gasteiger partial charge < -0.3 is 50.8 Å². The minimum atomic E-state index is -5.88. The number of nitrogens with zero attached hydrogens (tertiary/aromatic N) is 6. The maximum atomic E-state index is 14.5. The third kappa shape index (κ3) is 24.4. The molecule has 7 amide bonds. The number of anilines is 2. The number of hydrogen-bond acceptors (Lipinski definition) is 18. The van der Waals surface area contributed by atoms with Gasteiger partial charge in [0.25, 0.3) is 15.7 Å². The molecule has 3 saturated heterocycles. The van der Waals surface area contributed by atoms with Crippen LogP contribution in [0, 0.1) is 17.8 Å². The number of sulfone groups is 1. The highest BCUT2D eigenvalue weighted by atomic mass is 35.5. The first kappa shape index (κ1) is 84.7. The highest BCUT2D eigenvalue weighted by Gasteiger charge is 2.49. The van der Waals surface area contributed by atoms with E-state index in [1.54, 1.807) is 33.3 Å². The molecule has 22 nitrogen and oxygen atoms in total. The van der Waals surface area contributed by atoms with E-state index in [4.69, 9.17) is 21.1 Å². The Morgan fingerprint density at radius 3 is 2.07 bits per heavy atom. The molecule has 110 heavy (non-hydrogen) atoms. The summed E-state index contributed by atoms with van der Waals surface area (Å²) in [6.07, 6.45) is 4.50. The fourth-order valence-electron chi connectivity index (χ4n) is 13.9.